The predicted molar refractivity (Wildman–Crippen MR) is 71.5 cm³/mol. The molecule has 18 heavy (non-hydrogen) atoms. The largest absolute Gasteiger partial charge is 1.00 e. The van der Waals surface area contributed by atoms with Crippen LogP contribution in [0.15, 0.2) is 0 Å². The summed E-state index contributed by atoms with van der Waals surface area (Å²) in [4.78, 5) is 2.36. The fraction of sp³-hybridized carbons (Fsp3) is 1.00. The van der Waals surface area contributed by atoms with Crippen LogP contribution in [0.25, 0.3) is 0 Å². The molecule has 0 radical (unpaired) electrons. The van der Waals surface area contributed by atoms with Gasteiger partial charge in [0.1, 0.15) is 0 Å². The fourth-order valence-corrected chi connectivity index (χ4v) is 4.19. The zero-order chi connectivity index (χ0) is 12.9. The number of likely N-dealkylation sites (tertiary alicyclic amines) is 2. The van der Waals surface area contributed by atoms with Gasteiger partial charge in [-0.2, -0.15) is 0 Å². The molecule has 0 aliphatic carbocycles. The van der Waals surface area contributed by atoms with E-state index in [-0.39, 0.29) is 18.3 Å². The first-order valence-corrected chi connectivity index (χ1v) is 8.73. The Balaban J connectivity index is 0.000000352. The van der Waals surface area contributed by atoms with Crippen molar-refractivity contribution in [1.82, 2.24) is 4.90 Å². The number of hydrogen-bond donors (Lipinski definition) is 0. The summed E-state index contributed by atoms with van der Waals surface area (Å²) >= 11 is 0. The molecule has 0 unspecified atom stereocenters. The van der Waals surface area contributed by atoms with Crippen molar-refractivity contribution < 1.29 is 25.3 Å². The second-order valence-electron chi connectivity index (χ2n) is 5.45. The van der Waals surface area contributed by atoms with Crippen molar-refractivity contribution in [3.05, 3.63) is 0 Å². The molecular weight excluding hydrogens is 295 g/mol. The maximum Gasteiger partial charge on any atom is 0.283 e. The van der Waals surface area contributed by atoms with Crippen molar-refractivity contribution in [1.29, 1.82) is 0 Å². The van der Waals surface area contributed by atoms with Gasteiger partial charge in [-0.05, 0) is 33.0 Å². The van der Waals surface area contributed by atoms with Gasteiger partial charge < -0.3 is 21.8 Å². The van der Waals surface area contributed by atoms with E-state index in [0.29, 0.717) is 4.48 Å². The molecule has 2 saturated heterocycles. The molecule has 110 valence electrons. The van der Waals surface area contributed by atoms with Gasteiger partial charge in [0.25, 0.3) is 9.05 Å². The maximum absolute atomic E-state index is 10.7. The van der Waals surface area contributed by atoms with Crippen LogP contribution in [0, 0.1) is 0 Å². The molecule has 0 bridgehead atoms. The number of hydrogen-bond acceptors (Lipinski definition) is 3. The molecule has 2 fully saturated rings. The Hall–Kier alpha value is 0.450. The third kappa shape index (κ3) is 7.79. The van der Waals surface area contributed by atoms with E-state index < -0.39 is 9.05 Å². The van der Waals surface area contributed by atoms with Gasteiger partial charge in [-0.3, -0.25) is 0 Å². The summed E-state index contributed by atoms with van der Waals surface area (Å²) in [6.45, 7) is 4.51. The number of halogens is 2. The molecule has 0 spiro atoms. The highest BCUT2D eigenvalue weighted by Gasteiger charge is 2.31. The topological polar surface area (TPSA) is 37.4 Å². The minimum absolute atomic E-state index is 0. The second-order valence-corrected chi connectivity index (χ2v) is 8.20. The molecule has 0 aromatic rings. The van der Waals surface area contributed by atoms with Crippen molar-refractivity contribution in [2.45, 2.75) is 25.7 Å². The standard InChI is InChI=1S/C6H13ClNO2S.C5H11N.ClH/c1-8(4-2-3-5-8)6-11(7,9)10;1-6-4-2-3-5-6;/h2-6H2,1H3;2-5H2,1H3;1H/q+1;;/p-1. The minimum Gasteiger partial charge on any atom is -1.00 e. The Morgan fingerprint density at radius 2 is 1.56 bits per heavy atom. The molecule has 7 heteroatoms. The van der Waals surface area contributed by atoms with Gasteiger partial charge in [-0.25, -0.2) is 8.42 Å². The fourth-order valence-electron chi connectivity index (χ4n) is 2.48. The average molecular weight is 319 g/mol. The van der Waals surface area contributed by atoms with Gasteiger partial charge in [0, 0.05) is 23.5 Å². The summed E-state index contributed by atoms with van der Waals surface area (Å²) < 4.78 is 22.1. The van der Waals surface area contributed by atoms with Gasteiger partial charge in [-0.15, -0.1) is 0 Å². The van der Waals surface area contributed by atoms with E-state index in [0.717, 1.165) is 25.9 Å². The van der Waals surface area contributed by atoms with E-state index >= 15 is 0 Å². The lowest BCUT2D eigenvalue weighted by atomic mass is 10.4. The first kappa shape index (κ1) is 18.4. The molecule has 2 heterocycles. The van der Waals surface area contributed by atoms with E-state index in [1.807, 2.05) is 7.05 Å². The van der Waals surface area contributed by atoms with Crippen LogP contribution in [-0.4, -0.2) is 64.0 Å². The molecule has 4 nitrogen and oxygen atoms in total. The van der Waals surface area contributed by atoms with Gasteiger partial charge >= 0.3 is 0 Å². The summed E-state index contributed by atoms with van der Waals surface area (Å²) in [6, 6.07) is 0. The number of quaternary nitrogens is 1. The molecule has 0 saturated carbocycles. The molecule has 0 N–H and O–H groups in total. The van der Waals surface area contributed by atoms with Crippen LogP contribution in [-0.2, 0) is 9.05 Å². The van der Waals surface area contributed by atoms with Crippen LogP contribution in [0.2, 0.25) is 0 Å². The normalized spacial score (nSPS) is 23.1. The van der Waals surface area contributed by atoms with Crippen molar-refractivity contribution in [2.75, 3.05) is 46.2 Å². The summed E-state index contributed by atoms with van der Waals surface area (Å²) in [7, 11) is 5.95. The van der Waals surface area contributed by atoms with E-state index in [1.165, 1.54) is 25.9 Å². The van der Waals surface area contributed by atoms with Gasteiger partial charge in [-0.1, -0.05) is 0 Å². The maximum atomic E-state index is 10.7. The SMILES string of the molecule is CN1CCCC1.C[N+]1(CS(=O)(=O)Cl)CCCC1.[Cl-]. The van der Waals surface area contributed by atoms with E-state index in [9.17, 15) is 8.42 Å². The zero-order valence-corrected chi connectivity index (χ0v) is 13.6. The first-order chi connectivity index (χ1) is 7.81. The van der Waals surface area contributed by atoms with Crippen LogP contribution in [0.3, 0.4) is 0 Å². The Labute approximate surface area is 122 Å². The van der Waals surface area contributed by atoms with Crippen LogP contribution in [0.4, 0.5) is 0 Å². The summed E-state index contributed by atoms with van der Waals surface area (Å²) in [5.41, 5.74) is 0. The van der Waals surface area contributed by atoms with Gasteiger partial charge in [0.15, 0.2) is 5.88 Å². The van der Waals surface area contributed by atoms with E-state index in [1.54, 1.807) is 0 Å². The molecule has 0 aromatic heterocycles. The number of nitrogens with zero attached hydrogens (tertiary/aromatic N) is 2. The molecule has 2 rings (SSSR count). The van der Waals surface area contributed by atoms with Crippen molar-refractivity contribution in [3.8, 4) is 0 Å². The molecule has 0 aromatic carbocycles. The molecule has 2 aliphatic rings. The van der Waals surface area contributed by atoms with Crippen molar-refractivity contribution in [2.24, 2.45) is 0 Å². The molecular formula is C11H24Cl2N2O2S. The lowest BCUT2D eigenvalue weighted by molar-refractivity contribution is -0.885. The van der Waals surface area contributed by atoms with Crippen LogP contribution in [0.1, 0.15) is 25.7 Å². The highest BCUT2D eigenvalue weighted by Crippen LogP contribution is 2.18. The van der Waals surface area contributed by atoms with Crippen molar-refractivity contribution in [3.63, 3.8) is 0 Å². The molecule has 2 aliphatic heterocycles. The summed E-state index contributed by atoms with van der Waals surface area (Å²) in [5, 5.41) is 0. The minimum atomic E-state index is -3.32. The van der Waals surface area contributed by atoms with Crippen LogP contribution < -0.4 is 12.4 Å². The van der Waals surface area contributed by atoms with Crippen LogP contribution >= 0.6 is 10.7 Å². The quantitative estimate of drug-likeness (QED) is 0.458. The third-order valence-electron chi connectivity index (χ3n) is 3.44. The lowest BCUT2D eigenvalue weighted by Crippen LogP contribution is -3.00. The average Bonchev–Trinajstić information content (AvgIpc) is 2.75. The highest BCUT2D eigenvalue weighted by molar-refractivity contribution is 8.13. The Morgan fingerprint density at radius 3 is 1.83 bits per heavy atom. The Morgan fingerprint density at radius 1 is 1.11 bits per heavy atom. The van der Waals surface area contributed by atoms with E-state index in [2.05, 4.69) is 11.9 Å². The molecule has 0 atom stereocenters. The predicted octanol–water partition coefficient (Wildman–Crippen LogP) is -1.53. The molecule has 0 amide bonds. The summed E-state index contributed by atoms with van der Waals surface area (Å²) in [5.74, 6) is 0.0779. The smallest absolute Gasteiger partial charge is 0.283 e. The zero-order valence-electron chi connectivity index (χ0n) is 11.2. The van der Waals surface area contributed by atoms with Gasteiger partial charge in [0.2, 0.25) is 0 Å². The monoisotopic (exact) mass is 318 g/mol. The number of rotatable bonds is 2. The Bertz CT molecular complexity index is 324. The highest BCUT2D eigenvalue weighted by atomic mass is 35.7. The van der Waals surface area contributed by atoms with Crippen molar-refractivity contribution >= 4 is 19.7 Å². The second kappa shape index (κ2) is 7.90. The third-order valence-corrected chi connectivity index (χ3v) is 4.67. The van der Waals surface area contributed by atoms with E-state index in [4.69, 9.17) is 10.7 Å². The van der Waals surface area contributed by atoms with Gasteiger partial charge in [0.05, 0.1) is 20.1 Å². The first-order valence-electron chi connectivity index (χ1n) is 6.25. The lowest BCUT2D eigenvalue weighted by Gasteiger charge is -2.26. The summed E-state index contributed by atoms with van der Waals surface area (Å²) in [6.07, 6.45) is 5.05. The van der Waals surface area contributed by atoms with Crippen LogP contribution in [0.5, 0.6) is 0 Å². The Kier molecular flexibility index (Phi) is 8.10.